The monoisotopic (exact) mass is 312 g/mol. The Morgan fingerprint density at radius 3 is 2.15 bits per heavy atom. The van der Waals surface area contributed by atoms with Gasteiger partial charge in [-0.05, 0) is 26.3 Å². The van der Waals surface area contributed by atoms with Gasteiger partial charge in [0.2, 0.25) is 5.91 Å². The average molecular weight is 312 g/mol. The molecular formula is C8H18AlIN2O. The summed E-state index contributed by atoms with van der Waals surface area (Å²) in [7, 11) is 0. The molecule has 0 heterocycles. The molecule has 0 saturated carbocycles. The molecule has 0 saturated heterocycles. The summed E-state index contributed by atoms with van der Waals surface area (Å²) in [4.78, 5) is 11.3. The van der Waals surface area contributed by atoms with E-state index in [2.05, 4.69) is 49.6 Å². The number of rotatable bonds is 3. The van der Waals surface area contributed by atoms with E-state index in [0.717, 1.165) is 0 Å². The van der Waals surface area contributed by atoms with E-state index in [4.69, 9.17) is 0 Å². The second-order valence-corrected chi connectivity index (χ2v) is 9.46. The molecule has 0 aliphatic carbocycles. The van der Waals surface area contributed by atoms with Gasteiger partial charge < -0.3 is 8.60 Å². The zero-order valence-electron chi connectivity index (χ0n) is 8.94. The molecule has 0 aliphatic heterocycles. The summed E-state index contributed by atoms with van der Waals surface area (Å²) in [5.74, 6) is 0.217. The molecule has 0 aliphatic rings. The first-order valence-electron chi connectivity index (χ1n) is 4.44. The van der Waals surface area contributed by atoms with Gasteiger partial charge in [0.15, 0.2) is 0 Å². The molecule has 0 rings (SSSR count). The maximum atomic E-state index is 11.3. The Morgan fingerprint density at radius 2 is 1.85 bits per heavy atom. The molecule has 0 radical (unpaired) electrons. The Morgan fingerprint density at radius 1 is 1.38 bits per heavy atom. The van der Waals surface area contributed by atoms with E-state index in [1.54, 1.807) is 0 Å². The Bertz CT molecular complexity index is 179. The van der Waals surface area contributed by atoms with Crippen molar-refractivity contribution >= 4 is 37.5 Å². The fourth-order valence-electron chi connectivity index (χ4n) is 0.708. The summed E-state index contributed by atoms with van der Waals surface area (Å²) in [6.45, 7) is 10.1. The van der Waals surface area contributed by atoms with Crippen molar-refractivity contribution in [3.05, 3.63) is 0 Å². The Kier molecular flexibility index (Phi) is 5.84. The van der Waals surface area contributed by atoms with Crippen molar-refractivity contribution in [1.82, 2.24) is 8.60 Å². The summed E-state index contributed by atoms with van der Waals surface area (Å²) < 4.78 is 6.41. The fraction of sp³-hybridized carbons (Fsp3) is 0.875. The zero-order valence-corrected chi connectivity index (χ0v) is 12.3. The number of amides is 1. The molecule has 0 aromatic heterocycles. The summed E-state index contributed by atoms with van der Waals surface area (Å²) in [5.41, 5.74) is 0.0857. The zero-order chi connectivity index (χ0) is 10.6. The van der Waals surface area contributed by atoms with Crippen LogP contribution < -0.4 is 8.60 Å². The number of hydrogen-bond acceptors (Lipinski definition) is 2. The lowest BCUT2D eigenvalue weighted by molar-refractivity contribution is -0.122. The second kappa shape index (κ2) is 5.54. The van der Waals surface area contributed by atoms with Crippen LogP contribution in [-0.4, -0.2) is 22.8 Å². The van der Waals surface area contributed by atoms with Crippen molar-refractivity contribution in [2.45, 2.75) is 40.2 Å². The minimum absolute atomic E-state index is 0.0755. The first kappa shape index (κ1) is 13.7. The highest BCUT2D eigenvalue weighted by molar-refractivity contribution is 14.1. The molecule has 0 unspecified atom stereocenters. The van der Waals surface area contributed by atoms with Crippen LogP contribution in [0, 0.1) is 5.92 Å². The molecule has 1 amide bonds. The van der Waals surface area contributed by atoms with Crippen molar-refractivity contribution in [3.8, 4) is 0 Å². The first-order chi connectivity index (χ1) is 5.72. The van der Waals surface area contributed by atoms with Gasteiger partial charge in [-0.3, -0.25) is 4.79 Å². The predicted octanol–water partition coefficient (Wildman–Crippen LogP) is 1.57. The molecule has 0 bridgehead atoms. The molecule has 0 aromatic rings. The van der Waals surface area contributed by atoms with Crippen LogP contribution in [0.25, 0.3) is 0 Å². The predicted molar refractivity (Wildman–Crippen MR) is 65.6 cm³/mol. The quantitative estimate of drug-likeness (QED) is 0.613. The largest absolute Gasteiger partial charge is 0.618 e. The molecule has 3 nitrogen and oxygen atoms in total. The number of hydrogen-bond donors (Lipinski definition) is 2. The van der Waals surface area contributed by atoms with E-state index in [1.165, 1.54) is 0 Å². The van der Waals surface area contributed by atoms with Crippen LogP contribution in [0.3, 0.4) is 0 Å². The molecule has 76 valence electrons. The van der Waals surface area contributed by atoms with Crippen LogP contribution in [0.1, 0.15) is 34.6 Å². The van der Waals surface area contributed by atoms with Gasteiger partial charge in [-0.15, -0.1) is 0 Å². The van der Waals surface area contributed by atoms with Gasteiger partial charge in [-0.2, -0.15) is 20.3 Å². The van der Waals surface area contributed by atoms with Crippen molar-refractivity contribution in [2.75, 3.05) is 0 Å². The number of nitrogens with one attached hydrogen (secondary N) is 2. The van der Waals surface area contributed by atoms with Crippen LogP contribution in [-0.2, 0) is 4.79 Å². The van der Waals surface area contributed by atoms with Crippen LogP contribution in [0.4, 0.5) is 0 Å². The smallest absolute Gasteiger partial charge is 0.425 e. The van der Waals surface area contributed by atoms with Crippen LogP contribution in [0.2, 0.25) is 0 Å². The van der Waals surface area contributed by atoms with Gasteiger partial charge in [0.1, 0.15) is 0 Å². The summed E-state index contributed by atoms with van der Waals surface area (Å²) in [6.07, 6.45) is 0. The molecule has 0 aromatic carbocycles. The van der Waals surface area contributed by atoms with Gasteiger partial charge in [0.25, 0.3) is 0 Å². The van der Waals surface area contributed by atoms with Gasteiger partial charge in [0.05, 0.1) is 0 Å². The van der Waals surface area contributed by atoms with E-state index in [0.29, 0.717) is 0 Å². The number of carbonyl (C=O) groups excluding carboxylic acids is 1. The summed E-state index contributed by atoms with van der Waals surface area (Å²) >= 11 is 0.990. The minimum Gasteiger partial charge on any atom is -0.425 e. The average Bonchev–Trinajstić information content (AvgIpc) is 1.81. The number of carbonyl (C=O) groups is 1. The molecule has 0 spiro atoms. The van der Waals surface area contributed by atoms with Gasteiger partial charge in [-0.1, -0.05) is 13.8 Å². The lowest BCUT2D eigenvalue weighted by atomic mass is 10.1. The molecule has 13 heavy (non-hydrogen) atoms. The standard InChI is InChI=1S/C4H9NO.C4H10N.Al.HI/c1-3(2)4(5)6;1-4(2,3)5;;/h3H,1-2H3,(H2,5,6);5H,1-3H3;;1H/q;-1;+3;/p-2. The molecule has 0 fully saturated rings. The third-order valence-corrected chi connectivity index (χ3v) is 4.88. The highest BCUT2D eigenvalue weighted by Crippen LogP contribution is 2.02. The second-order valence-electron chi connectivity index (χ2n) is 4.42. The van der Waals surface area contributed by atoms with Gasteiger partial charge in [0, 0.05) is 5.92 Å². The van der Waals surface area contributed by atoms with Crippen molar-refractivity contribution in [2.24, 2.45) is 5.92 Å². The maximum Gasteiger partial charge on any atom is 0.618 e. The van der Waals surface area contributed by atoms with Gasteiger partial charge in [-0.25, -0.2) is 0 Å². The molecule has 5 heteroatoms. The van der Waals surface area contributed by atoms with Crippen LogP contribution in [0.5, 0.6) is 0 Å². The maximum absolute atomic E-state index is 11.3. The SMILES string of the molecule is CC(C)C(=O)[NH][Al]([I])[NH]C(C)(C)C. The third-order valence-electron chi connectivity index (χ3n) is 1.35. The van der Waals surface area contributed by atoms with Crippen molar-refractivity contribution in [1.29, 1.82) is 0 Å². The van der Waals surface area contributed by atoms with Crippen molar-refractivity contribution < 1.29 is 4.79 Å². The Hall–Kier alpha value is 0.692. The van der Waals surface area contributed by atoms with Crippen LogP contribution >= 0.6 is 20.3 Å². The van der Waals surface area contributed by atoms with E-state index in [9.17, 15) is 4.79 Å². The lowest BCUT2D eigenvalue weighted by Gasteiger charge is -2.23. The summed E-state index contributed by atoms with van der Waals surface area (Å²) in [5, 5.41) is 0. The molecule has 2 N–H and O–H groups in total. The minimum atomic E-state index is -1.32. The normalized spacial score (nSPS) is 11.6. The molecular weight excluding hydrogens is 294 g/mol. The number of halogens is 1. The topological polar surface area (TPSA) is 41.1 Å². The molecule has 0 atom stereocenters. The third kappa shape index (κ3) is 7.74. The Balaban J connectivity index is 3.88. The lowest BCUT2D eigenvalue weighted by Crippen LogP contribution is -2.54. The first-order valence-corrected chi connectivity index (χ1v) is 9.77. The van der Waals surface area contributed by atoms with E-state index >= 15 is 0 Å². The van der Waals surface area contributed by atoms with Crippen molar-refractivity contribution in [3.63, 3.8) is 0 Å². The highest BCUT2D eigenvalue weighted by Gasteiger charge is 2.25. The van der Waals surface area contributed by atoms with E-state index < -0.39 is 11.3 Å². The van der Waals surface area contributed by atoms with E-state index in [-0.39, 0.29) is 17.4 Å². The van der Waals surface area contributed by atoms with Crippen LogP contribution in [0.15, 0.2) is 0 Å². The van der Waals surface area contributed by atoms with E-state index in [1.807, 2.05) is 13.8 Å². The highest BCUT2D eigenvalue weighted by atomic mass is 127. The summed E-state index contributed by atoms with van der Waals surface area (Å²) in [6, 6.07) is 0. The fourth-order valence-corrected chi connectivity index (χ4v) is 5.85. The Labute approximate surface area is 96.5 Å². The van der Waals surface area contributed by atoms with Gasteiger partial charge >= 0.3 is 11.3 Å².